The van der Waals surface area contributed by atoms with Crippen molar-refractivity contribution < 1.29 is 19.8 Å². The molecule has 6 nitrogen and oxygen atoms in total. The van der Waals surface area contributed by atoms with E-state index in [-0.39, 0.29) is 11.1 Å². The Morgan fingerprint density at radius 3 is 2.38 bits per heavy atom. The Morgan fingerprint density at radius 1 is 1.00 bits per heavy atom. The van der Waals surface area contributed by atoms with E-state index < -0.39 is 23.3 Å². The molecular weight excluding hydrogens is 212 g/mol. The van der Waals surface area contributed by atoms with Crippen molar-refractivity contribution in [2.45, 2.75) is 11.4 Å². The Balaban J connectivity index is 2.32. The highest BCUT2D eigenvalue weighted by atomic mass is 16.4. The molecule has 1 heterocycles. The summed E-state index contributed by atoms with van der Waals surface area (Å²) in [7, 11) is 0. The van der Waals surface area contributed by atoms with Crippen molar-refractivity contribution in [2.24, 2.45) is 0 Å². The molecule has 0 bridgehead atoms. The van der Waals surface area contributed by atoms with E-state index in [1.54, 1.807) is 12.1 Å². The van der Waals surface area contributed by atoms with Crippen molar-refractivity contribution >= 4 is 11.8 Å². The van der Waals surface area contributed by atoms with Crippen LogP contribution >= 0.6 is 0 Å². The van der Waals surface area contributed by atoms with Crippen LogP contribution in [0.1, 0.15) is 15.9 Å². The van der Waals surface area contributed by atoms with Crippen molar-refractivity contribution in [2.75, 3.05) is 0 Å². The molecule has 0 aromatic heterocycles. The van der Waals surface area contributed by atoms with E-state index in [0.717, 1.165) is 0 Å². The lowest BCUT2D eigenvalue weighted by Crippen LogP contribution is -2.58. The fourth-order valence-corrected chi connectivity index (χ4v) is 2.22. The SMILES string of the molecule is O=C1N[C@@]2(O)C(=O)c3ccccc3[C@]2(O)N1. The summed E-state index contributed by atoms with van der Waals surface area (Å²) in [5.74, 6) is -0.719. The first-order valence-corrected chi connectivity index (χ1v) is 4.68. The molecule has 6 heteroatoms. The number of fused-ring (bicyclic) bond motifs is 3. The summed E-state index contributed by atoms with van der Waals surface area (Å²) in [5.41, 5.74) is -4.01. The number of amides is 2. The first kappa shape index (κ1) is 9.32. The first-order chi connectivity index (χ1) is 7.49. The number of carbonyl (C=O) groups is 2. The molecule has 2 aliphatic rings. The molecule has 2 amide bonds. The number of urea groups is 1. The summed E-state index contributed by atoms with van der Waals surface area (Å²) < 4.78 is 0. The average Bonchev–Trinajstić information content (AvgIpc) is 2.57. The lowest BCUT2D eigenvalue weighted by molar-refractivity contribution is -0.122. The Bertz CT molecular complexity index is 529. The van der Waals surface area contributed by atoms with Gasteiger partial charge in [0.05, 0.1) is 0 Å². The molecule has 0 unspecified atom stereocenters. The van der Waals surface area contributed by atoms with Gasteiger partial charge in [-0.15, -0.1) is 0 Å². The van der Waals surface area contributed by atoms with Crippen LogP contribution in [0.25, 0.3) is 0 Å². The first-order valence-electron chi connectivity index (χ1n) is 4.68. The quantitative estimate of drug-likeness (QED) is 0.452. The highest BCUT2D eigenvalue weighted by molar-refractivity contribution is 6.11. The lowest BCUT2D eigenvalue weighted by atomic mass is 10.0. The van der Waals surface area contributed by atoms with Crippen LogP contribution in [0, 0.1) is 0 Å². The number of hydrogen-bond acceptors (Lipinski definition) is 4. The van der Waals surface area contributed by atoms with Crippen LogP contribution in [0.3, 0.4) is 0 Å². The number of carbonyl (C=O) groups excluding carboxylic acids is 2. The van der Waals surface area contributed by atoms with Gasteiger partial charge in [-0.2, -0.15) is 0 Å². The van der Waals surface area contributed by atoms with Gasteiger partial charge in [0.1, 0.15) is 0 Å². The van der Waals surface area contributed by atoms with Crippen molar-refractivity contribution in [3.05, 3.63) is 35.4 Å². The zero-order valence-corrected chi connectivity index (χ0v) is 8.02. The molecule has 16 heavy (non-hydrogen) atoms. The van der Waals surface area contributed by atoms with E-state index in [1.807, 2.05) is 5.32 Å². The highest BCUT2D eigenvalue weighted by Gasteiger charge is 2.68. The van der Waals surface area contributed by atoms with Gasteiger partial charge in [-0.3, -0.25) is 10.1 Å². The van der Waals surface area contributed by atoms with E-state index in [1.165, 1.54) is 12.1 Å². The molecule has 1 saturated heterocycles. The topological polar surface area (TPSA) is 98.7 Å². The van der Waals surface area contributed by atoms with Crippen molar-refractivity contribution in [1.29, 1.82) is 0 Å². The summed E-state index contributed by atoms with van der Waals surface area (Å²) in [6.45, 7) is 0. The Kier molecular flexibility index (Phi) is 1.41. The standard InChI is InChI=1S/C10H8N2O4/c13-7-5-3-1-2-4-6(5)9(15)10(7,16)12-8(14)11-9/h1-4,15-16H,(H2,11,12,14)/t9-,10-/m1/s1. The second kappa shape index (κ2) is 2.42. The third kappa shape index (κ3) is 0.763. The van der Waals surface area contributed by atoms with Crippen LogP contribution in [0.4, 0.5) is 4.79 Å². The number of Topliss-reactive ketones (excluding diaryl/α,β-unsaturated/α-hetero) is 1. The van der Waals surface area contributed by atoms with E-state index in [2.05, 4.69) is 5.32 Å². The number of hydrogen-bond donors (Lipinski definition) is 4. The summed E-state index contributed by atoms with van der Waals surface area (Å²) in [6, 6.07) is 5.41. The summed E-state index contributed by atoms with van der Waals surface area (Å²) in [6.07, 6.45) is 0. The maximum Gasteiger partial charge on any atom is 0.320 e. The fourth-order valence-electron chi connectivity index (χ4n) is 2.22. The molecule has 0 spiro atoms. The largest absolute Gasteiger partial charge is 0.363 e. The number of nitrogens with one attached hydrogen (secondary N) is 2. The van der Waals surface area contributed by atoms with E-state index in [9.17, 15) is 19.8 Å². The van der Waals surface area contributed by atoms with Crippen LogP contribution < -0.4 is 10.6 Å². The van der Waals surface area contributed by atoms with E-state index in [0.29, 0.717) is 0 Å². The van der Waals surface area contributed by atoms with Crippen molar-refractivity contribution in [3.8, 4) is 0 Å². The fraction of sp³-hybridized carbons (Fsp3) is 0.200. The molecule has 2 atom stereocenters. The monoisotopic (exact) mass is 220 g/mol. The normalized spacial score (nSPS) is 35.4. The number of ketones is 1. The molecular formula is C10H8N2O4. The van der Waals surface area contributed by atoms with Gasteiger partial charge in [0.25, 0.3) is 5.72 Å². The van der Waals surface area contributed by atoms with Gasteiger partial charge in [0, 0.05) is 11.1 Å². The lowest BCUT2D eigenvalue weighted by Gasteiger charge is -2.27. The molecule has 3 rings (SSSR count). The minimum Gasteiger partial charge on any atom is -0.363 e. The van der Waals surface area contributed by atoms with Crippen LogP contribution in [-0.4, -0.2) is 27.8 Å². The minimum atomic E-state index is -2.31. The predicted molar refractivity (Wildman–Crippen MR) is 51.3 cm³/mol. The maximum atomic E-state index is 11.9. The van der Waals surface area contributed by atoms with Gasteiger partial charge in [-0.1, -0.05) is 24.3 Å². The summed E-state index contributed by atoms with van der Waals surface area (Å²) in [5, 5.41) is 24.5. The molecule has 1 aliphatic heterocycles. The highest BCUT2D eigenvalue weighted by Crippen LogP contribution is 2.43. The van der Waals surface area contributed by atoms with Crippen LogP contribution in [0.5, 0.6) is 0 Å². The second-order valence-electron chi connectivity index (χ2n) is 3.87. The Morgan fingerprint density at radius 2 is 1.62 bits per heavy atom. The number of aliphatic hydroxyl groups is 2. The van der Waals surface area contributed by atoms with Gasteiger partial charge in [-0.05, 0) is 0 Å². The molecule has 82 valence electrons. The van der Waals surface area contributed by atoms with Crippen LogP contribution in [0.15, 0.2) is 24.3 Å². The molecule has 0 radical (unpaired) electrons. The van der Waals surface area contributed by atoms with Gasteiger partial charge in [0.15, 0.2) is 0 Å². The van der Waals surface area contributed by atoms with Gasteiger partial charge in [-0.25, -0.2) is 4.79 Å². The zero-order valence-electron chi connectivity index (χ0n) is 8.02. The molecule has 1 aromatic rings. The van der Waals surface area contributed by atoms with Crippen molar-refractivity contribution in [3.63, 3.8) is 0 Å². The Labute approximate surface area is 89.9 Å². The molecule has 0 saturated carbocycles. The predicted octanol–water partition coefficient (Wildman–Crippen LogP) is -0.971. The molecule has 4 N–H and O–H groups in total. The number of benzene rings is 1. The van der Waals surface area contributed by atoms with E-state index in [4.69, 9.17) is 0 Å². The van der Waals surface area contributed by atoms with Crippen molar-refractivity contribution in [1.82, 2.24) is 10.6 Å². The van der Waals surface area contributed by atoms with Crippen LogP contribution in [0.2, 0.25) is 0 Å². The Hall–Kier alpha value is -1.92. The van der Waals surface area contributed by atoms with Gasteiger partial charge < -0.3 is 15.5 Å². The average molecular weight is 220 g/mol. The minimum absolute atomic E-state index is 0.194. The third-order valence-electron chi connectivity index (χ3n) is 3.00. The zero-order chi connectivity index (χ0) is 11.6. The molecule has 1 aromatic carbocycles. The molecule has 1 fully saturated rings. The van der Waals surface area contributed by atoms with Gasteiger partial charge in [0.2, 0.25) is 11.5 Å². The third-order valence-corrected chi connectivity index (χ3v) is 3.00. The second-order valence-corrected chi connectivity index (χ2v) is 3.87. The van der Waals surface area contributed by atoms with E-state index >= 15 is 0 Å². The summed E-state index contributed by atoms with van der Waals surface area (Å²) >= 11 is 0. The smallest absolute Gasteiger partial charge is 0.320 e. The van der Waals surface area contributed by atoms with Crippen LogP contribution in [-0.2, 0) is 5.72 Å². The molecule has 1 aliphatic carbocycles. The van der Waals surface area contributed by atoms with Gasteiger partial charge >= 0.3 is 6.03 Å². The number of rotatable bonds is 0. The summed E-state index contributed by atoms with van der Waals surface area (Å²) in [4.78, 5) is 23.0. The maximum absolute atomic E-state index is 11.9.